The van der Waals surface area contributed by atoms with Gasteiger partial charge in [-0.3, -0.25) is 0 Å². The molecule has 0 unspecified atom stereocenters. The number of para-hydroxylation sites is 2. The van der Waals surface area contributed by atoms with Crippen molar-refractivity contribution in [3.63, 3.8) is 0 Å². The van der Waals surface area contributed by atoms with Crippen LogP contribution in [-0.2, 0) is 0 Å². The van der Waals surface area contributed by atoms with E-state index in [-0.39, 0.29) is 0 Å². The Labute approximate surface area is 332 Å². The van der Waals surface area contributed by atoms with Crippen molar-refractivity contribution in [1.29, 1.82) is 0 Å². The molecular formula is C53H31N3O2. The zero-order valence-corrected chi connectivity index (χ0v) is 31.1. The Bertz CT molecular complexity index is 3580. The van der Waals surface area contributed by atoms with Crippen LogP contribution in [0.25, 0.3) is 122 Å². The molecule has 5 heteroatoms. The van der Waals surface area contributed by atoms with E-state index in [0.717, 1.165) is 104 Å². The summed E-state index contributed by atoms with van der Waals surface area (Å²) in [5, 5.41) is 8.90. The quantitative estimate of drug-likeness (QED) is 0.176. The minimum Gasteiger partial charge on any atom is -0.456 e. The number of nitrogens with zero attached hydrogens (tertiary/aromatic N) is 3. The molecule has 0 radical (unpaired) electrons. The Morgan fingerprint density at radius 1 is 0.276 bits per heavy atom. The summed E-state index contributed by atoms with van der Waals surface area (Å²) in [5.41, 5.74) is 10.8. The lowest BCUT2D eigenvalue weighted by Crippen LogP contribution is -2.00. The second kappa shape index (κ2) is 12.8. The van der Waals surface area contributed by atoms with Crippen molar-refractivity contribution < 1.29 is 8.83 Å². The topological polar surface area (TPSA) is 65.0 Å². The highest BCUT2D eigenvalue weighted by molar-refractivity contribution is 6.19. The average molecular weight is 742 g/mol. The monoisotopic (exact) mass is 741 g/mol. The number of hydrogen-bond donors (Lipinski definition) is 0. The minimum absolute atomic E-state index is 0.608. The maximum absolute atomic E-state index is 6.26. The van der Waals surface area contributed by atoms with Gasteiger partial charge in [-0.25, -0.2) is 15.0 Å². The zero-order valence-electron chi connectivity index (χ0n) is 31.1. The number of hydrogen-bond acceptors (Lipinski definition) is 5. The van der Waals surface area contributed by atoms with E-state index in [1.807, 2.05) is 36.4 Å². The number of benzene rings is 9. The van der Waals surface area contributed by atoms with E-state index in [0.29, 0.717) is 17.5 Å². The van der Waals surface area contributed by atoms with Crippen LogP contribution < -0.4 is 0 Å². The molecule has 0 fully saturated rings. The predicted molar refractivity (Wildman–Crippen MR) is 237 cm³/mol. The number of rotatable bonds is 5. The van der Waals surface area contributed by atoms with Crippen LogP contribution in [0.3, 0.4) is 0 Å². The summed E-state index contributed by atoms with van der Waals surface area (Å²) >= 11 is 0. The van der Waals surface area contributed by atoms with E-state index in [2.05, 4.69) is 152 Å². The summed E-state index contributed by atoms with van der Waals surface area (Å²) in [6.45, 7) is 0. The highest BCUT2D eigenvalue weighted by Crippen LogP contribution is 2.41. The molecule has 0 aliphatic rings. The lowest BCUT2D eigenvalue weighted by Gasteiger charge is -2.12. The molecule has 0 bridgehead atoms. The molecule has 0 N–H and O–H groups in total. The second-order valence-corrected chi connectivity index (χ2v) is 14.7. The molecule has 0 aliphatic carbocycles. The highest BCUT2D eigenvalue weighted by Gasteiger charge is 2.18. The second-order valence-electron chi connectivity index (χ2n) is 14.7. The van der Waals surface area contributed by atoms with E-state index in [1.54, 1.807) is 0 Å². The van der Waals surface area contributed by atoms with Gasteiger partial charge < -0.3 is 8.83 Å². The van der Waals surface area contributed by atoms with Crippen LogP contribution in [0.15, 0.2) is 197 Å². The number of furan rings is 2. The summed E-state index contributed by atoms with van der Waals surface area (Å²) in [4.78, 5) is 15.5. The van der Waals surface area contributed by atoms with Crippen LogP contribution in [0.5, 0.6) is 0 Å². The van der Waals surface area contributed by atoms with Crippen LogP contribution in [0.4, 0.5) is 0 Å². The Kier molecular flexibility index (Phi) is 7.16. The SMILES string of the molecule is c1ccc(-c2cccc(-c3nc(-c4ccc5c(-c6cccc7oc8ccccc8c67)cccc5c4)nc(-c4ccc5c(ccc6oc7ccccc7c65)c4)n3)c2)cc1. The molecule has 9 aromatic carbocycles. The standard InChI is InChI=1S/C53H31N3O2/c1-2-11-32(12-3-1)33-13-8-15-36(29-33)51-54-52(56-53(55-51)38-24-27-40-35(31-38)25-28-48-49(40)43-16-4-6-20-45(43)58-48)37-23-26-39-34(30-37)14-9-18-41(39)42-19-10-22-47-50(42)44-17-5-7-21-46(44)57-47/h1-31H. The first-order valence-electron chi connectivity index (χ1n) is 19.4. The van der Waals surface area contributed by atoms with Gasteiger partial charge in [-0.15, -0.1) is 0 Å². The molecule has 0 spiro atoms. The summed E-state index contributed by atoms with van der Waals surface area (Å²) in [5.74, 6) is 1.83. The van der Waals surface area contributed by atoms with Gasteiger partial charge in [0.2, 0.25) is 0 Å². The molecule has 3 heterocycles. The summed E-state index contributed by atoms with van der Waals surface area (Å²) in [6.07, 6.45) is 0. The third kappa shape index (κ3) is 5.21. The van der Waals surface area contributed by atoms with E-state index in [1.165, 1.54) is 0 Å². The molecule has 12 rings (SSSR count). The Balaban J connectivity index is 1.03. The van der Waals surface area contributed by atoms with E-state index in [9.17, 15) is 0 Å². The third-order valence-corrected chi connectivity index (χ3v) is 11.3. The van der Waals surface area contributed by atoms with Crippen LogP contribution >= 0.6 is 0 Å². The smallest absolute Gasteiger partial charge is 0.164 e. The molecular weight excluding hydrogens is 711 g/mol. The van der Waals surface area contributed by atoms with E-state index in [4.69, 9.17) is 23.8 Å². The molecule has 0 atom stereocenters. The van der Waals surface area contributed by atoms with Crippen molar-refractivity contribution in [3.05, 3.63) is 188 Å². The fraction of sp³-hybridized carbons (Fsp3) is 0. The lowest BCUT2D eigenvalue weighted by molar-refractivity contribution is 0.668. The maximum atomic E-state index is 6.26. The zero-order chi connectivity index (χ0) is 38.2. The van der Waals surface area contributed by atoms with Crippen molar-refractivity contribution in [2.24, 2.45) is 0 Å². The first-order valence-corrected chi connectivity index (χ1v) is 19.4. The van der Waals surface area contributed by atoms with E-state index >= 15 is 0 Å². The van der Waals surface area contributed by atoms with Crippen molar-refractivity contribution in [3.8, 4) is 56.4 Å². The average Bonchev–Trinajstić information content (AvgIpc) is 3.88. The minimum atomic E-state index is 0.608. The van der Waals surface area contributed by atoms with Crippen molar-refractivity contribution in [1.82, 2.24) is 15.0 Å². The Morgan fingerprint density at radius 3 is 1.53 bits per heavy atom. The van der Waals surface area contributed by atoms with Crippen LogP contribution in [0, 0.1) is 0 Å². The highest BCUT2D eigenvalue weighted by atomic mass is 16.3. The van der Waals surface area contributed by atoms with Crippen molar-refractivity contribution in [2.75, 3.05) is 0 Å². The molecule has 3 aromatic heterocycles. The molecule has 270 valence electrons. The molecule has 0 amide bonds. The van der Waals surface area contributed by atoms with Gasteiger partial charge in [0.05, 0.1) is 0 Å². The van der Waals surface area contributed by atoms with Gasteiger partial charge in [0.1, 0.15) is 22.3 Å². The molecule has 5 nitrogen and oxygen atoms in total. The number of fused-ring (bicyclic) bond motifs is 9. The van der Waals surface area contributed by atoms with Gasteiger partial charge in [0.15, 0.2) is 17.5 Å². The summed E-state index contributed by atoms with van der Waals surface area (Å²) in [6, 6.07) is 65.2. The molecule has 12 aromatic rings. The summed E-state index contributed by atoms with van der Waals surface area (Å²) < 4.78 is 12.5. The predicted octanol–water partition coefficient (Wildman–Crippen LogP) is 14.3. The summed E-state index contributed by atoms with van der Waals surface area (Å²) in [7, 11) is 0. The molecule has 0 aliphatic heterocycles. The molecule has 58 heavy (non-hydrogen) atoms. The normalized spacial score (nSPS) is 11.8. The Morgan fingerprint density at radius 2 is 0.793 bits per heavy atom. The first-order chi connectivity index (χ1) is 28.7. The fourth-order valence-corrected chi connectivity index (χ4v) is 8.58. The molecule has 0 saturated carbocycles. The van der Waals surface area contributed by atoms with Gasteiger partial charge in [-0.2, -0.15) is 0 Å². The molecule has 0 saturated heterocycles. The van der Waals surface area contributed by atoms with Gasteiger partial charge in [0, 0.05) is 38.2 Å². The van der Waals surface area contributed by atoms with Gasteiger partial charge in [0.25, 0.3) is 0 Å². The van der Waals surface area contributed by atoms with Gasteiger partial charge in [-0.05, 0) is 86.3 Å². The van der Waals surface area contributed by atoms with Crippen LogP contribution in [0.2, 0.25) is 0 Å². The first kappa shape index (κ1) is 32.4. The lowest BCUT2D eigenvalue weighted by atomic mass is 9.94. The third-order valence-electron chi connectivity index (χ3n) is 11.3. The maximum Gasteiger partial charge on any atom is 0.164 e. The van der Waals surface area contributed by atoms with Crippen LogP contribution in [-0.4, -0.2) is 15.0 Å². The Hall–Kier alpha value is -7.89. The van der Waals surface area contributed by atoms with E-state index < -0.39 is 0 Å². The van der Waals surface area contributed by atoms with Gasteiger partial charge >= 0.3 is 0 Å². The van der Waals surface area contributed by atoms with Crippen molar-refractivity contribution >= 4 is 65.4 Å². The fourth-order valence-electron chi connectivity index (χ4n) is 8.58. The largest absolute Gasteiger partial charge is 0.456 e. The van der Waals surface area contributed by atoms with Crippen molar-refractivity contribution in [2.45, 2.75) is 0 Å². The number of aromatic nitrogens is 3. The van der Waals surface area contributed by atoms with Gasteiger partial charge in [-0.1, -0.05) is 146 Å². The van der Waals surface area contributed by atoms with Crippen LogP contribution in [0.1, 0.15) is 0 Å².